The lowest BCUT2D eigenvalue weighted by atomic mass is 9.87. The van der Waals surface area contributed by atoms with E-state index in [-0.39, 0.29) is 6.10 Å². The molecule has 1 aromatic rings. The van der Waals surface area contributed by atoms with Crippen LogP contribution in [0.4, 0.5) is 0 Å². The van der Waals surface area contributed by atoms with Crippen LogP contribution in [-0.4, -0.2) is 27.5 Å². The van der Waals surface area contributed by atoms with E-state index in [2.05, 4.69) is 23.5 Å². The lowest BCUT2D eigenvalue weighted by Gasteiger charge is -2.26. The molecular formula is C13H23N3O. The predicted molar refractivity (Wildman–Crippen MR) is 67.6 cm³/mol. The van der Waals surface area contributed by atoms with Crippen LogP contribution in [0.3, 0.4) is 0 Å². The van der Waals surface area contributed by atoms with Crippen molar-refractivity contribution >= 4 is 0 Å². The summed E-state index contributed by atoms with van der Waals surface area (Å²) in [5.41, 5.74) is 1.24. The van der Waals surface area contributed by atoms with Gasteiger partial charge in [-0.05, 0) is 45.1 Å². The number of aryl methyl sites for hydroxylation is 1. The van der Waals surface area contributed by atoms with Crippen molar-refractivity contribution in [3.8, 4) is 0 Å². The summed E-state index contributed by atoms with van der Waals surface area (Å²) < 4.78 is 1.84. The van der Waals surface area contributed by atoms with E-state index in [1.54, 1.807) is 0 Å². The molecule has 0 amide bonds. The second-order valence-corrected chi connectivity index (χ2v) is 5.25. The molecule has 1 heterocycles. The molecular weight excluding hydrogens is 214 g/mol. The Hall–Kier alpha value is -0.870. The van der Waals surface area contributed by atoms with Crippen molar-refractivity contribution in [1.82, 2.24) is 15.1 Å². The van der Waals surface area contributed by atoms with E-state index in [0.29, 0.717) is 6.04 Å². The van der Waals surface area contributed by atoms with Gasteiger partial charge in [-0.25, -0.2) is 0 Å². The Morgan fingerprint density at radius 1 is 1.47 bits per heavy atom. The van der Waals surface area contributed by atoms with Crippen LogP contribution in [-0.2, 0) is 7.05 Å². The number of aliphatic hydroxyl groups excluding tert-OH is 1. The normalized spacial score (nSPS) is 27.0. The highest BCUT2D eigenvalue weighted by atomic mass is 16.3. The minimum absolute atomic E-state index is 0.0537. The summed E-state index contributed by atoms with van der Waals surface area (Å²) >= 11 is 0. The van der Waals surface area contributed by atoms with Gasteiger partial charge in [0.1, 0.15) is 0 Å². The molecule has 1 fully saturated rings. The third-order valence-electron chi connectivity index (χ3n) is 3.75. The van der Waals surface area contributed by atoms with Crippen molar-refractivity contribution in [1.29, 1.82) is 0 Å². The molecule has 2 rings (SSSR count). The van der Waals surface area contributed by atoms with Gasteiger partial charge in [0, 0.05) is 24.8 Å². The molecule has 96 valence electrons. The van der Waals surface area contributed by atoms with Crippen molar-refractivity contribution in [2.75, 3.05) is 6.54 Å². The predicted octanol–water partition coefficient (Wildman–Crippen LogP) is 1.62. The summed E-state index contributed by atoms with van der Waals surface area (Å²) in [4.78, 5) is 0. The third-order valence-corrected chi connectivity index (χ3v) is 3.75. The van der Waals surface area contributed by atoms with Gasteiger partial charge >= 0.3 is 0 Å². The number of nitrogens with zero attached hydrogens (tertiary/aromatic N) is 2. The zero-order valence-electron chi connectivity index (χ0n) is 10.8. The summed E-state index contributed by atoms with van der Waals surface area (Å²) in [6.07, 6.45) is 8.15. The van der Waals surface area contributed by atoms with Crippen LogP contribution >= 0.6 is 0 Å². The molecule has 0 aromatic carbocycles. The molecule has 2 N–H and O–H groups in total. The van der Waals surface area contributed by atoms with E-state index in [9.17, 15) is 5.11 Å². The summed E-state index contributed by atoms with van der Waals surface area (Å²) in [6.45, 7) is 3.22. The van der Waals surface area contributed by atoms with Crippen molar-refractivity contribution in [2.24, 2.45) is 13.0 Å². The van der Waals surface area contributed by atoms with Crippen LogP contribution in [0.25, 0.3) is 0 Å². The topological polar surface area (TPSA) is 50.1 Å². The first kappa shape index (κ1) is 12.6. The Morgan fingerprint density at radius 3 is 2.76 bits per heavy atom. The van der Waals surface area contributed by atoms with E-state index < -0.39 is 0 Å². The lowest BCUT2D eigenvalue weighted by Crippen LogP contribution is -2.29. The smallest absolute Gasteiger partial charge is 0.0540 e. The fourth-order valence-electron chi connectivity index (χ4n) is 2.47. The molecule has 0 spiro atoms. The van der Waals surface area contributed by atoms with Crippen molar-refractivity contribution < 1.29 is 5.11 Å². The van der Waals surface area contributed by atoms with Crippen LogP contribution in [0.15, 0.2) is 12.4 Å². The maximum Gasteiger partial charge on any atom is 0.0540 e. The molecule has 1 aliphatic carbocycles. The van der Waals surface area contributed by atoms with E-state index in [0.717, 1.165) is 38.1 Å². The van der Waals surface area contributed by atoms with E-state index >= 15 is 0 Å². The van der Waals surface area contributed by atoms with Gasteiger partial charge < -0.3 is 10.4 Å². The monoisotopic (exact) mass is 237 g/mol. The molecule has 1 saturated carbocycles. The van der Waals surface area contributed by atoms with E-state index in [1.807, 2.05) is 17.9 Å². The van der Waals surface area contributed by atoms with Crippen LogP contribution in [0, 0.1) is 5.92 Å². The molecule has 4 heteroatoms. The average Bonchev–Trinajstić information content (AvgIpc) is 2.75. The average molecular weight is 237 g/mol. The first-order chi connectivity index (χ1) is 8.15. The second-order valence-electron chi connectivity index (χ2n) is 5.25. The number of rotatable bonds is 4. The molecule has 0 aliphatic heterocycles. The molecule has 4 nitrogen and oxygen atoms in total. The number of hydrogen-bond acceptors (Lipinski definition) is 3. The minimum Gasteiger partial charge on any atom is -0.393 e. The standard InChI is InChI=1S/C13H23N3O/c1-10(12-8-15-16(2)9-12)14-7-11-3-5-13(17)6-4-11/h8-11,13-14,17H,3-7H2,1-2H3. The number of hydrogen-bond donors (Lipinski definition) is 2. The Kier molecular flexibility index (Phi) is 4.18. The van der Waals surface area contributed by atoms with Crippen molar-refractivity contribution in [3.63, 3.8) is 0 Å². The van der Waals surface area contributed by atoms with Crippen LogP contribution in [0.2, 0.25) is 0 Å². The molecule has 0 saturated heterocycles. The maximum atomic E-state index is 9.45. The molecule has 17 heavy (non-hydrogen) atoms. The summed E-state index contributed by atoms with van der Waals surface area (Å²) in [6, 6.07) is 0.357. The molecule has 1 unspecified atom stereocenters. The zero-order chi connectivity index (χ0) is 12.3. The molecule has 1 aliphatic rings. The number of nitrogens with one attached hydrogen (secondary N) is 1. The first-order valence-corrected chi connectivity index (χ1v) is 6.55. The summed E-state index contributed by atoms with van der Waals surface area (Å²) in [7, 11) is 1.94. The van der Waals surface area contributed by atoms with Gasteiger partial charge in [-0.3, -0.25) is 4.68 Å². The van der Waals surface area contributed by atoms with Crippen LogP contribution in [0.1, 0.15) is 44.2 Å². The fraction of sp³-hybridized carbons (Fsp3) is 0.769. The van der Waals surface area contributed by atoms with Gasteiger partial charge in [0.05, 0.1) is 12.3 Å². The Balaban J connectivity index is 1.74. The lowest BCUT2D eigenvalue weighted by molar-refractivity contribution is 0.108. The maximum absolute atomic E-state index is 9.45. The van der Waals surface area contributed by atoms with Gasteiger partial charge in [0.25, 0.3) is 0 Å². The molecule has 0 bridgehead atoms. The van der Waals surface area contributed by atoms with Gasteiger partial charge in [-0.15, -0.1) is 0 Å². The highest BCUT2D eigenvalue weighted by molar-refractivity contribution is 5.08. The van der Waals surface area contributed by atoms with Gasteiger partial charge in [0.15, 0.2) is 0 Å². The molecule has 0 radical (unpaired) electrons. The Bertz CT molecular complexity index is 342. The van der Waals surface area contributed by atoms with Gasteiger partial charge in [-0.2, -0.15) is 5.10 Å². The van der Waals surface area contributed by atoms with E-state index in [1.165, 1.54) is 5.56 Å². The van der Waals surface area contributed by atoms with E-state index in [4.69, 9.17) is 0 Å². The largest absolute Gasteiger partial charge is 0.393 e. The first-order valence-electron chi connectivity index (χ1n) is 6.55. The minimum atomic E-state index is -0.0537. The Labute approximate surface area is 103 Å². The highest BCUT2D eigenvalue weighted by Crippen LogP contribution is 2.24. The summed E-state index contributed by atoms with van der Waals surface area (Å²) in [5, 5.41) is 17.2. The number of aromatic nitrogens is 2. The molecule has 1 aromatic heterocycles. The zero-order valence-corrected chi connectivity index (χ0v) is 10.8. The Morgan fingerprint density at radius 2 is 2.18 bits per heavy atom. The van der Waals surface area contributed by atoms with Gasteiger partial charge in [-0.1, -0.05) is 0 Å². The molecule has 1 atom stereocenters. The van der Waals surface area contributed by atoms with Crippen molar-refractivity contribution in [2.45, 2.75) is 44.8 Å². The second kappa shape index (κ2) is 5.65. The SMILES string of the molecule is CC(NCC1CCC(O)CC1)c1cnn(C)c1. The quantitative estimate of drug-likeness (QED) is 0.836. The number of aliphatic hydroxyl groups is 1. The van der Waals surface area contributed by atoms with Crippen LogP contribution < -0.4 is 5.32 Å². The van der Waals surface area contributed by atoms with Crippen LogP contribution in [0.5, 0.6) is 0 Å². The third kappa shape index (κ3) is 3.54. The van der Waals surface area contributed by atoms with Crippen molar-refractivity contribution in [3.05, 3.63) is 18.0 Å². The highest BCUT2D eigenvalue weighted by Gasteiger charge is 2.19. The van der Waals surface area contributed by atoms with Gasteiger partial charge in [0.2, 0.25) is 0 Å². The fourth-order valence-corrected chi connectivity index (χ4v) is 2.47. The summed E-state index contributed by atoms with van der Waals surface area (Å²) in [5.74, 6) is 0.720.